The minimum atomic E-state index is -0.0596. The second-order valence-corrected chi connectivity index (χ2v) is 12.9. The molecule has 2 aliphatic carbocycles. The lowest BCUT2D eigenvalue weighted by Crippen LogP contribution is -2.39. The van der Waals surface area contributed by atoms with E-state index in [0.29, 0.717) is 5.92 Å². The van der Waals surface area contributed by atoms with Gasteiger partial charge in [0.2, 0.25) is 0 Å². The Morgan fingerprint density at radius 2 is 1.05 bits per heavy atom. The van der Waals surface area contributed by atoms with Gasteiger partial charge in [0.25, 0.3) is 0 Å². The topological polar surface area (TPSA) is 0 Å². The zero-order valence-corrected chi connectivity index (χ0v) is 23.6. The van der Waals surface area contributed by atoms with Crippen molar-refractivity contribution < 1.29 is 0 Å². The molecule has 0 amide bonds. The molecule has 6 rings (SSSR count). The molecule has 0 aromatic heterocycles. The van der Waals surface area contributed by atoms with E-state index in [1.165, 1.54) is 33.4 Å². The highest BCUT2D eigenvalue weighted by molar-refractivity contribution is 5.66. The number of rotatable bonds is 3. The average Bonchev–Trinajstić information content (AvgIpc) is 3.20. The third-order valence-electron chi connectivity index (χ3n) is 9.97. The Bertz CT molecular complexity index is 1490. The highest BCUT2D eigenvalue weighted by Gasteiger charge is 2.63. The summed E-state index contributed by atoms with van der Waals surface area (Å²) in [6.45, 7) is 16.7. The second-order valence-electron chi connectivity index (χ2n) is 12.9. The molecule has 3 unspecified atom stereocenters. The molecule has 188 valence electrons. The number of fused-ring (bicyclic) bond motifs is 4. The van der Waals surface area contributed by atoms with Crippen molar-refractivity contribution >= 4 is 0 Å². The molecule has 0 heteroatoms. The minimum Gasteiger partial charge on any atom is -0.0622 e. The van der Waals surface area contributed by atoms with Crippen LogP contribution in [0.3, 0.4) is 0 Å². The lowest BCUT2D eigenvalue weighted by Gasteiger charge is -2.42. The maximum Gasteiger partial charge on any atom is 0.0294 e. The van der Waals surface area contributed by atoms with E-state index in [2.05, 4.69) is 133 Å². The summed E-state index contributed by atoms with van der Waals surface area (Å²) in [6, 6.07) is 32.8. The third-order valence-corrected chi connectivity index (χ3v) is 9.97. The van der Waals surface area contributed by atoms with E-state index in [0.717, 1.165) is 12.8 Å². The summed E-state index contributed by atoms with van der Waals surface area (Å²) in [6.07, 6.45) is 2.17. The van der Waals surface area contributed by atoms with Crippen LogP contribution in [0.4, 0.5) is 0 Å². The molecule has 4 aromatic carbocycles. The van der Waals surface area contributed by atoms with Crippen LogP contribution in [0.2, 0.25) is 0 Å². The maximum atomic E-state index is 2.57. The second kappa shape index (κ2) is 8.19. The zero-order valence-electron chi connectivity index (χ0n) is 23.6. The molecule has 0 saturated heterocycles. The van der Waals surface area contributed by atoms with Gasteiger partial charge in [0.1, 0.15) is 0 Å². The molecule has 0 bridgehead atoms. The fourth-order valence-electron chi connectivity index (χ4n) is 8.16. The molecule has 4 aromatic rings. The van der Waals surface area contributed by atoms with Gasteiger partial charge < -0.3 is 0 Å². The van der Waals surface area contributed by atoms with Crippen molar-refractivity contribution in [2.24, 2.45) is 0 Å². The lowest BCUT2D eigenvalue weighted by molar-refractivity contribution is 0.280. The van der Waals surface area contributed by atoms with Crippen LogP contribution >= 0.6 is 0 Å². The van der Waals surface area contributed by atoms with Crippen LogP contribution in [0.5, 0.6) is 0 Å². The van der Waals surface area contributed by atoms with E-state index in [1.807, 2.05) is 0 Å². The molecule has 0 N–H and O–H groups in total. The Labute approximate surface area is 223 Å². The van der Waals surface area contributed by atoms with Crippen molar-refractivity contribution in [1.29, 1.82) is 0 Å². The van der Waals surface area contributed by atoms with Gasteiger partial charge in [-0.1, -0.05) is 106 Å². The molecule has 37 heavy (non-hydrogen) atoms. The van der Waals surface area contributed by atoms with E-state index in [9.17, 15) is 0 Å². The van der Waals surface area contributed by atoms with E-state index < -0.39 is 0 Å². The highest BCUT2D eigenvalue weighted by atomic mass is 14.7. The van der Waals surface area contributed by atoms with Crippen LogP contribution in [-0.2, 0) is 22.7 Å². The normalized spacial score (nSPS) is 25.3. The van der Waals surface area contributed by atoms with Crippen LogP contribution < -0.4 is 0 Å². The highest BCUT2D eigenvalue weighted by Crippen LogP contribution is 2.69. The zero-order chi connectivity index (χ0) is 26.2. The molecule has 3 atom stereocenters. The Balaban J connectivity index is 1.74. The van der Waals surface area contributed by atoms with Gasteiger partial charge in [-0.3, -0.25) is 0 Å². The molecule has 0 heterocycles. The summed E-state index contributed by atoms with van der Waals surface area (Å²) in [5.74, 6) is 0.347. The van der Waals surface area contributed by atoms with Crippen molar-refractivity contribution in [1.82, 2.24) is 0 Å². The Hall–Kier alpha value is -3.12. The number of aryl methyl sites for hydroxylation is 4. The van der Waals surface area contributed by atoms with Crippen LogP contribution in [0.25, 0.3) is 0 Å². The summed E-state index contributed by atoms with van der Waals surface area (Å²) < 4.78 is 0. The van der Waals surface area contributed by atoms with Gasteiger partial charge in [-0.15, -0.1) is 0 Å². The summed E-state index contributed by atoms with van der Waals surface area (Å²) in [5, 5.41) is 0. The Morgan fingerprint density at radius 1 is 0.595 bits per heavy atom. The molecular weight excluding hydrogens is 444 g/mol. The molecule has 0 saturated carbocycles. The van der Waals surface area contributed by atoms with E-state index in [1.54, 1.807) is 22.3 Å². The largest absolute Gasteiger partial charge is 0.0622 e. The van der Waals surface area contributed by atoms with Crippen LogP contribution in [0, 0.1) is 27.7 Å². The predicted molar refractivity (Wildman–Crippen MR) is 157 cm³/mol. The average molecular weight is 485 g/mol. The summed E-state index contributed by atoms with van der Waals surface area (Å²) in [4.78, 5) is 0. The van der Waals surface area contributed by atoms with Gasteiger partial charge >= 0.3 is 0 Å². The summed E-state index contributed by atoms with van der Waals surface area (Å²) in [5.41, 5.74) is 14.8. The van der Waals surface area contributed by atoms with Crippen LogP contribution in [0.15, 0.2) is 84.9 Å². The van der Waals surface area contributed by atoms with Gasteiger partial charge in [0.05, 0.1) is 0 Å². The van der Waals surface area contributed by atoms with Gasteiger partial charge in [-0.05, 0) is 102 Å². The van der Waals surface area contributed by atoms with E-state index >= 15 is 0 Å². The molecule has 0 fully saturated rings. The van der Waals surface area contributed by atoms with Gasteiger partial charge in [-0.2, -0.15) is 0 Å². The molecule has 0 aliphatic heterocycles. The third kappa shape index (κ3) is 3.41. The van der Waals surface area contributed by atoms with Gasteiger partial charge in [-0.25, -0.2) is 0 Å². The first-order valence-corrected chi connectivity index (χ1v) is 13.9. The molecule has 0 radical (unpaired) electrons. The van der Waals surface area contributed by atoms with Crippen LogP contribution in [0.1, 0.15) is 88.7 Å². The molecule has 2 aliphatic rings. The summed E-state index contributed by atoms with van der Waals surface area (Å²) in [7, 11) is 0. The van der Waals surface area contributed by atoms with Crippen molar-refractivity contribution in [3.63, 3.8) is 0 Å². The standard InChI is InChI=1S/C37H40/c1-24-18-30-32(20-26(24)3)37(23-35(30,5)6)33-21-27(4)25(2)19-31(33)36(7,22-28-14-10-8-11-15-28)34(37)29-16-12-9-13-17-29/h8-21,34H,22-23H2,1-7H3. The van der Waals surface area contributed by atoms with Crippen molar-refractivity contribution in [3.8, 4) is 0 Å². The fourth-order valence-corrected chi connectivity index (χ4v) is 8.16. The molecule has 0 nitrogen and oxygen atoms in total. The number of hydrogen-bond donors (Lipinski definition) is 0. The molecular formula is C37H40. The predicted octanol–water partition coefficient (Wildman–Crippen LogP) is 9.19. The van der Waals surface area contributed by atoms with Gasteiger partial charge in [0.15, 0.2) is 0 Å². The first-order valence-electron chi connectivity index (χ1n) is 13.9. The maximum absolute atomic E-state index is 2.57. The SMILES string of the molecule is Cc1cc2c(cc1C)C1(CC2(C)C)c2cc(C)c(C)cc2C(C)(Cc2ccccc2)C1c1ccccc1. The van der Waals surface area contributed by atoms with Crippen LogP contribution in [-0.4, -0.2) is 0 Å². The summed E-state index contributed by atoms with van der Waals surface area (Å²) >= 11 is 0. The van der Waals surface area contributed by atoms with Crippen molar-refractivity contribution in [3.05, 3.63) is 141 Å². The molecule has 1 spiro atoms. The van der Waals surface area contributed by atoms with E-state index in [4.69, 9.17) is 0 Å². The first-order chi connectivity index (χ1) is 17.6. The first kappa shape index (κ1) is 24.2. The number of hydrogen-bond acceptors (Lipinski definition) is 0. The monoisotopic (exact) mass is 484 g/mol. The van der Waals surface area contributed by atoms with Crippen molar-refractivity contribution in [2.75, 3.05) is 0 Å². The Morgan fingerprint density at radius 3 is 1.62 bits per heavy atom. The minimum absolute atomic E-state index is 0.0347. The van der Waals surface area contributed by atoms with E-state index in [-0.39, 0.29) is 16.2 Å². The lowest BCUT2D eigenvalue weighted by atomic mass is 9.59. The van der Waals surface area contributed by atoms with Crippen molar-refractivity contribution in [2.45, 2.75) is 83.5 Å². The Kier molecular flexibility index (Phi) is 5.36. The van der Waals surface area contributed by atoms with Gasteiger partial charge in [0, 0.05) is 16.7 Å². The smallest absolute Gasteiger partial charge is 0.0294 e. The quantitative estimate of drug-likeness (QED) is 0.272. The fraction of sp³-hybridized carbons (Fsp3) is 0.351. The number of benzene rings is 4.